The summed E-state index contributed by atoms with van der Waals surface area (Å²) in [6.07, 6.45) is 2.62. The third-order valence-corrected chi connectivity index (χ3v) is 6.72. The number of hydrogen-bond donors (Lipinski definition) is 2. The number of benzene rings is 1. The van der Waals surface area contributed by atoms with Gasteiger partial charge in [0.1, 0.15) is 0 Å². The molecule has 9 heteroatoms. The Hall–Kier alpha value is -1.97. The second kappa shape index (κ2) is 8.37. The molecular formula is C18H26N2O6S. The molecule has 1 aliphatic rings. The smallest absolute Gasteiger partial charge is 0.331 e. The molecule has 0 saturated carbocycles. The van der Waals surface area contributed by atoms with Crippen molar-refractivity contribution in [1.29, 1.82) is 0 Å². The van der Waals surface area contributed by atoms with Crippen LogP contribution in [0.4, 0.5) is 0 Å². The van der Waals surface area contributed by atoms with Gasteiger partial charge in [0.2, 0.25) is 10.0 Å². The number of ether oxygens (including phenoxy) is 1. The highest BCUT2D eigenvalue weighted by atomic mass is 32.2. The van der Waals surface area contributed by atoms with Gasteiger partial charge in [-0.1, -0.05) is 12.5 Å². The highest BCUT2D eigenvalue weighted by molar-refractivity contribution is 7.89. The number of nitrogens with one attached hydrogen (secondary N) is 1. The van der Waals surface area contributed by atoms with Crippen LogP contribution in [0.1, 0.15) is 42.1 Å². The second-order valence-corrected chi connectivity index (χ2v) is 8.88. The highest BCUT2D eigenvalue weighted by Gasteiger charge is 2.36. The number of carbonyl (C=O) groups excluding carboxylic acids is 1. The fourth-order valence-corrected chi connectivity index (χ4v) is 4.79. The third-order valence-electron chi connectivity index (χ3n) is 4.68. The summed E-state index contributed by atoms with van der Waals surface area (Å²) in [6.45, 7) is 3.70. The summed E-state index contributed by atoms with van der Waals surface area (Å²) in [5.41, 5.74) is -1.00. The molecule has 2 N–H and O–H groups in total. The number of carboxylic acids is 1. The Kier molecular flexibility index (Phi) is 6.61. The first-order valence-corrected chi connectivity index (χ1v) is 10.2. The van der Waals surface area contributed by atoms with Crippen LogP contribution in [0.2, 0.25) is 0 Å². The van der Waals surface area contributed by atoms with Crippen LogP contribution >= 0.6 is 0 Å². The minimum Gasteiger partial charge on any atom is -0.479 e. The number of piperidine rings is 1. The minimum absolute atomic E-state index is 0.0702. The van der Waals surface area contributed by atoms with E-state index in [4.69, 9.17) is 4.74 Å². The number of sulfonamides is 1. The molecule has 1 heterocycles. The van der Waals surface area contributed by atoms with Crippen LogP contribution in [0.25, 0.3) is 0 Å². The molecule has 1 amide bonds. The van der Waals surface area contributed by atoms with Crippen LogP contribution in [0.3, 0.4) is 0 Å². The molecule has 0 aliphatic carbocycles. The summed E-state index contributed by atoms with van der Waals surface area (Å²) in [5.74, 6) is -1.92. The molecule has 0 radical (unpaired) electrons. The van der Waals surface area contributed by atoms with Gasteiger partial charge >= 0.3 is 5.97 Å². The number of aliphatic carboxylic acids is 1. The van der Waals surface area contributed by atoms with Crippen LogP contribution < -0.4 is 5.32 Å². The Balaban J connectivity index is 2.33. The fraction of sp³-hybridized carbons (Fsp3) is 0.556. The summed E-state index contributed by atoms with van der Waals surface area (Å²) in [5, 5.41) is 11.8. The van der Waals surface area contributed by atoms with E-state index in [-0.39, 0.29) is 17.1 Å². The molecule has 1 atom stereocenters. The van der Waals surface area contributed by atoms with E-state index >= 15 is 0 Å². The maximum Gasteiger partial charge on any atom is 0.331 e. The normalized spacial score (nSPS) is 17.9. The van der Waals surface area contributed by atoms with E-state index < -0.39 is 27.4 Å². The molecule has 1 aromatic rings. The zero-order valence-corrected chi connectivity index (χ0v) is 16.6. The molecule has 150 valence electrons. The molecule has 0 aromatic heterocycles. The lowest BCUT2D eigenvalue weighted by Crippen LogP contribution is -2.55. The van der Waals surface area contributed by atoms with Gasteiger partial charge in [0.15, 0.2) is 5.54 Å². The maximum atomic E-state index is 13.0. The number of amides is 1. The number of carbonyl (C=O) groups is 2. The number of methoxy groups -OCH3 is 1. The molecular weight excluding hydrogens is 372 g/mol. The molecule has 1 fully saturated rings. The third kappa shape index (κ3) is 4.66. The Morgan fingerprint density at radius 2 is 1.89 bits per heavy atom. The van der Waals surface area contributed by atoms with Gasteiger partial charge in [-0.25, -0.2) is 13.2 Å². The number of hydrogen-bond acceptors (Lipinski definition) is 5. The lowest BCUT2D eigenvalue weighted by atomic mass is 10.0. The lowest BCUT2D eigenvalue weighted by Gasteiger charge is -2.27. The zero-order chi connectivity index (χ0) is 20.2. The Labute approximate surface area is 159 Å². The second-order valence-electron chi connectivity index (χ2n) is 6.97. The molecule has 8 nitrogen and oxygen atoms in total. The topological polar surface area (TPSA) is 113 Å². The molecule has 1 aliphatic heterocycles. The maximum absolute atomic E-state index is 13.0. The van der Waals surface area contributed by atoms with Crippen LogP contribution in [-0.4, -0.2) is 62.1 Å². The average Bonchev–Trinajstić information content (AvgIpc) is 2.62. The Morgan fingerprint density at radius 1 is 1.26 bits per heavy atom. The predicted molar refractivity (Wildman–Crippen MR) is 99.2 cm³/mol. The van der Waals surface area contributed by atoms with Gasteiger partial charge < -0.3 is 15.2 Å². The quantitative estimate of drug-likeness (QED) is 0.718. The monoisotopic (exact) mass is 398 g/mol. The first-order chi connectivity index (χ1) is 12.6. The van der Waals surface area contributed by atoms with E-state index in [9.17, 15) is 23.1 Å². The van der Waals surface area contributed by atoms with E-state index in [1.54, 1.807) is 13.0 Å². The van der Waals surface area contributed by atoms with Gasteiger partial charge in [-0.15, -0.1) is 0 Å². The van der Waals surface area contributed by atoms with Crippen LogP contribution in [0.5, 0.6) is 0 Å². The van der Waals surface area contributed by atoms with E-state index in [1.807, 2.05) is 0 Å². The number of nitrogens with zero attached hydrogens (tertiary/aromatic N) is 1. The molecule has 27 heavy (non-hydrogen) atoms. The van der Waals surface area contributed by atoms with Gasteiger partial charge in [0.25, 0.3) is 5.91 Å². The zero-order valence-electron chi connectivity index (χ0n) is 15.8. The van der Waals surface area contributed by atoms with Crippen LogP contribution in [0, 0.1) is 6.92 Å². The van der Waals surface area contributed by atoms with E-state index in [1.165, 1.54) is 30.5 Å². The molecule has 0 spiro atoms. The molecule has 1 unspecified atom stereocenters. The van der Waals surface area contributed by atoms with Gasteiger partial charge in [-0.05, 0) is 44.4 Å². The van der Waals surface area contributed by atoms with E-state index in [0.29, 0.717) is 18.7 Å². The van der Waals surface area contributed by atoms with Gasteiger partial charge in [0, 0.05) is 25.8 Å². The van der Waals surface area contributed by atoms with Gasteiger partial charge in [-0.3, -0.25) is 4.79 Å². The highest BCUT2D eigenvalue weighted by Crippen LogP contribution is 2.24. The first-order valence-electron chi connectivity index (χ1n) is 8.77. The number of carboxylic acid groups (broad SMARTS) is 1. The van der Waals surface area contributed by atoms with Crippen molar-refractivity contribution < 1.29 is 27.9 Å². The first kappa shape index (κ1) is 21.3. The van der Waals surface area contributed by atoms with E-state index in [2.05, 4.69) is 5.32 Å². The van der Waals surface area contributed by atoms with E-state index in [0.717, 1.165) is 19.3 Å². The summed E-state index contributed by atoms with van der Waals surface area (Å²) < 4.78 is 32.2. The predicted octanol–water partition coefficient (Wildman–Crippen LogP) is 1.39. The molecule has 2 rings (SSSR count). The Morgan fingerprint density at radius 3 is 2.44 bits per heavy atom. The molecule has 0 bridgehead atoms. The van der Waals surface area contributed by atoms with Crippen molar-refractivity contribution in [2.45, 2.75) is 43.5 Å². The standard InChI is InChI=1S/C18H26N2O6S/c1-13-7-8-14(16(21)19-18(2,12-26-3)17(22)23)11-15(13)27(24,25)20-9-5-4-6-10-20/h7-8,11H,4-6,9-10,12H2,1-3H3,(H,19,21)(H,22,23). The van der Waals surface area contributed by atoms with Crippen molar-refractivity contribution in [2.75, 3.05) is 26.8 Å². The van der Waals surface area contributed by atoms with Gasteiger partial charge in [-0.2, -0.15) is 4.31 Å². The lowest BCUT2D eigenvalue weighted by molar-refractivity contribution is -0.145. The van der Waals surface area contributed by atoms with Crippen LogP contribution in [0.15, 0.2) is 23.1 Å². The van der Waals surface area contributed by atoms with Crippen molar-refractivity contribution in [1.82, 2.24) is 9.62 Å². The fourth-order valence-electron chi connectivity index (χ4n) is 3.03. The molecule has 1 aromatic carbocycles. The Bertz CT molecular complexity index is 817. The summed E-state index contributed by atoms with van der Waals surface area (Å²) in [4.78, 5) is 24.1. The summed E-state index contributed by atoms with van der Waals surface area (Å²) in [6, 6.07) is 4.35. The van der Waals surface area contributed by atoms with Crippen LogP contribution in [-0.2, 0) is 19.6 Å². The number of rotatable bonds is 7. The summed E-state index contributed by atoms with van der Waals surface area (Å²) in [7, 11) is -2.37. The summed E-state index contributed by atoms with van der Waals surface area (Å²) >= 11 is 0. The number of aryl methyl sites for hydroxylation is 1. The van der Waals surface area contributed by atoms with Crippen molar-refractivity contribution >= 4 is 21.9 Å². The van der Waals surface area contributed by atoms with Crippen molar-refractivity contribution in [3.05, 3.63) is 29.3 Å². The van der Waals surface area contributed by atoms with Crippen molar-refractivity contribution in [2.24, 2.45) is 0 Å². The largest absolute Gasteiger partial charge is 0.479 e. The molecule has 1 saturated heterocycles. The SMILES string of the molecule is COCC(C)(NC(=O)c1ccc(C)c(S(=O)(=O)N2CCCCC2)c1)C(=O)O. The minimum atomic E-state index is -3.71. The van der Waals surface area contributed by atoms with Crippen molar-refractivity contribution in [3.8, 4) is 0 Å². The van der Waals surface area contributed by atoms with Gasteiger partial charge in [0.05, 0.1) is 11.5 Å². The van der Waals surface area contributed by atoms with Crippen molar-refractivity contribution in [3.63, 3.8) is 0 Å². The average molecular weight is 398 g/mol.